The lowest BCUT2D eigenvalue weighted by atomic mass is 10.2. The van der Waals surface area contributed by atoms with Crippen LogP contribution in [0.4, 0.5) is 17.1 Å². The summed E-state index contributed by atoms with van der Waals surface area (Å²) in [4.78, 5) is 10.9. The molecule has 0 amide bonds. The van der Waals surface area contributed by atoms with Crippen LogP contribution in [0.2, 0.25) is 0 Å². The molecule has 0 spiro atoms. The fourth-order valence-electron chi connectivity index (χ4n) is 2.86. The Bertz CT molecular complexity index is 938. The summed E-state index contributed by atoms with van der Waals surface area (Å²) in [7, 11) is 0. The lowest BCUT2D eigenvalue weighted by Crippen LogP contribution is -2.51. The fourth-order valence-corrected chi connectivity index (χ4v) is 2.86. The molecular weight excluding hydrogens is 336 g/mol. The Morgan fingerprint density at radius 2 is 1.30 bits per heavy atom. The Balaban J connectivity index is 1.70. The first-order valence-electron chi connectivity index (χ1n) is 8.69. The van der Waals surface area contributed by atoms with E-state index in [9.17, 15) is 0 Å². The van der Waals surface area contributed by atoms with Gasteiger partial charge in [-0.1, -0.05) is 54.6 Å². The van der Waals surface area contributed by atoms with Crippen molar-refractivity contribution in [3.05, 3.63) is 91.0 Å². The Labute approximate surface area is 158 Å². The van der Waals surface area contributed by atoms with Crippen LogP contribution in [0.1, 0.15) is 0 Å². The van der Waals surface area contributed by atoms with Gasteiger partial charge in [-0.15, -0.1) is 0 Å². The number of nitrogens with two attached hydrogens (primary N) is 1. The monoisotopic (exact) mass is 356 g/mol. The number of hydrogen-bond donors (Lipinski definition) is 3. The van der Waals surface area contributed by atoms with Crippen LogP contribution in [0.15, 0.2) is 101 Å². The highest BCUT2D eigenvalue weighted by atomic mass is 15.5. The van der Waals surface area contributed by atoms with Crippen LogP contribution in [0, 0.1) is 0 Å². The van der Waals surface area contributed by atoms with E-state index in [0.717, 1.165) is 17.1 Å². The number of guanidine groups is 2. The second kappa shape index (κ2) is 7.61. The molecule has 6 nitrogen and oxygen atoms in total. The van der Waals surface area contributed by atoms with E-state index in [-0.39, 0.29) is 5.96 Å². The average molecular weight is 356 g/mol. The minimum absolute atomic E-state index is 0.217. The summed E-state index contributed by atoms with van der Waals surface area (Å²) in [6.45, 7) is 0. The van der Waals surface area contributed by atoms with Gasteiger partial charge in [0.2, 0.25) is 18.2 Å². The van der Waals surface area contributed by atoms with E-state index in [0.29, 0.717) is 5.96 Å². The van der Waals surface area contributed by atoms with Gasteiger partial charge in [0.05, 0.1) is 0 Å². The van der Waals surface area contributed by atoms with Gasteiger partial charge < -0.3 is 16.4 Å². The fraction of sp³-hybridized carbons (Fsp3) is 0.0476. The normalized spacial score (nSPS) is 16.3. The first kappa shape index (κ1) is 16.7. The average Bonchev–Trinajstić information content (AvgIpc) is 2.70. The molecule has 0 aromatic heterocycles. The van der Waals surface area contributed by atoms with Crippen LogP contribution in [0.3, 0.4) is 0 Å². The zero-order valence-electron chi connectivity index (χ0n) is 14.7. The number of para-hydroxylation sites is 3. The third kappa shape index (κ3) is 3.90. The molecule has 1 unspecified atom stereocenters. The summed E-state index contributed by atoms with van der Waals surface area (Å²) in [5, 5.41) is 6.76. The molecule has 134 valence electrons. The lowest BCUT2D eigenvalue weighted by molar-refractivity contribution is 0.770. The standard InChI is InChI=1S/C21H20N6/c22-19-25-20(23-16-10-4-1-5-11-16)27(18-14-8-3-9-15-18)21(26-19)24-17-12-6-2-7-13-17/h1-15,20,23H,(H3,22,24,25,26). The first-order chi connectivity index (χ1) is 13.3. The van der Waals surface area contributed by atoms with Crippen molar-refractivity contribution in [2.24, 2.45) is 15.7 Å². The van der Waals surface area contributed by atoms with E-state index in [1.165, 1.54) is 0 Å². The molecule has 4 rings (SSSR count). The van der Waals surface area contributed by atoms with Crippen molar-refractivity contribution >= 4 is 29.0 Å². The second-order valence-electron chi connectivity index (χ2n) is 6.00. The maximum Gasteiger partial charge on any atom is 0.222 e. The minimum atomic E-state index is -0.432. The Kier molecular flexibility index (Phi) is 4.70. The van der Waals surface area contributed by atoms with Gasteiger partial charge in [0, 0.05) is 17.1 Å². The summed E-state index contributed by atoms with van der Waals surface area (Å²) in [5.74, 6) is 0.822. The van der Waals surface area contributed by atoms with Gasteiger partial charge in [-0.25, -0.2) is 4.99 Å². The van der Waals surface area contributed by atoms with Gasteiger partial charge >= 0.3 is 0 Å². The quantitative estimate of drug-likeness (QED) is 0.666. The number of benzene rings is 3. The number of nitrogens with zero attached hydrogens (tertiary/aromatic N) is 3. The van der Waals surface area contributed by atoms with Gasteiger partial charge in [0.1, 0.15) is 0 Å². The third-order valence-corrected chi connectivity index (χ3v) is 4.08. The van der Waals surface area contributed by atoms with Gasteiger partial charge in [0.25, 0.3) is 0 Å². The van der Waals surface area contributed by atoms with Crippen LogP contribution in [0.5, 0.6) is 0 Å². The van der Waals surface area contributed by atoms with Crippen LogP contribution in [-0.4, -0.2) is 18.2 Å². The van der Waals surface area contributed by atoms with Crippen molar-refractivity contribution in [2.75, 3.05) is 15.5 Å². The van der Waals surface area contributed by atoms with E-state index in [4.69, 9.17) is 5.73 Å². The number of anilines is 3. The second-order valence-corrected chi connectivity index (χ2v) is 6.00. The summed E-state index contributed by atoms with van der Waals surface area (Å²) >= 11 is 0. The molecule has 3 aromatic rings. The summed E-state index contributed by atoms with van der Waals surface area (Å²) in [6.07, 6.45) is -0.432. The topological polar surface area (TPSA) is 78.0 Å². The van der Waals surface area contributed by atoms with E-state index in [1.54, 1.807) is 0 Å². The molecule has 1 aliphatic rings. The van der Waals surface area contributed by atoms with Gasteiger partial charge in [-0.05, 0) is 36.4 Å². The van der Waals surface area contributed by atoms with E-state index in [2.05, 4.69) is 20.6 Å². The van der Waals surface area contributed by atoms with Crippen molar-refractivity contribution in [1.29, 1.82) is 0 Å². The molecule has 0 fully saturated rings. The largest absolute Gasteiger partial charge is 0.368 e. The maximum atomic E-state index is 6.02. The van der Waals surface area contributed by atoms with E-state index < -0.39 is 6.29 Å². The Morgan fingerprint density at radius 1 is 0.741 bits per heavy atom. The van der Waals surface area contributed by atoms with Crippen LogP contribution in [-0.2, 0) is 0 Å². The SMILES string of the molecule is NC1=NC(Nc2ccccc2)N(c2ccccc2)C(Nc2ccccc2)=N1. The van der Waals surface area contributed by atoms with Gasteiger partial charge in [-0.3, -0.25) is 4.90 Å². The maximum absolute atomic E-state index is 6.02. The summed E-state index contributed by atoms with van der Waals surface area (Å²) in [6, 6.07) is 29.7. The van der Waals surface area contributed by atoms with Crippen LogP contribution < -0.4 is 21.3 Å². The van der Waals surface area contributed by atoms with Crippen molar-refractivity contribution in [1.82, 2.24) is 0 Å². The van der Waals surface area contributed by atoms with Crippen molar-refractivity contribution < 1.29 is 0 Å². The number of hydrogen-bond acceptors (Lipinski definition) is 6. The molecule has 1 aliphatic heterocycles. The van der Waals surface area contributed by atoms with Gasteiger partial charge in [-0.2, -0.15) is 4.99 Å². The molecule has 0 aliphatic carbocycles. The molecule has 0 saturated carbocycles. The Hall–Kier alpha value is -3.80. The number of nitrogens with one attached hydrogen (secondary N) is 2. The highest BCUT2D eigenvalue weighted by Crippen LogP contribution is 2.23. The molecule has 0 bridgehead atoms. The lowest BCUT2D eigenvalue weighted by Gasteiger charge is -2.35. The molecule has 0 radical (unpaired) electrons. The minimum Gasteiger partial charge on any atom is -0.368 e. The van der Waals surface area contributed by atoms with Crippen LogP contribution >= 0.6 is 0 Å². The number of aliphatic imine (C=N–C) groups is 2. The zero-order chi connectivity index (χ0) is 18.5. The highest BCUT2D eigenvalue weighted by molar-refractivity contribution is 6.12. The van der Waals surface area contributed by atoms with Crippen LogP contribution in [0.25, 0.3) is 0 Å². The molecule has 0 saturated heterocycles. The third-order valence-electron chi connectivity index (χ3n) is 4.08. The molecule has 1 atom stereocenters. The van der Waals surface area contributed by atoms with Gasteiger partial charge in [0.15, 0.2) is 0 Å². The molecule has 3 aromatic carbocycles. The highest BCUT2D eigenvalue weighted by Gasteiger charge is 2.27. The predicted octanol–water partition coefficient (Wildman–Crippen LogP) is 3.69. The molecule has 1 heterocycles. The smallest absolute Gasteiger partial charge is 0.222 e. The van der Waals surface area contributed by atoms with Crippen molar-refractivity contribution in [3.63, 3.8) is 0 Å². The predicted molar refractivity (Wildman–Crippen MR) is 112 cm³/mol. The van der Waals surface area contributed by atoms with E-state index in [1.807, 2.05) is 95.9 Å². The molecular formula is C21H20N6. The molecule has 4 N–H and O–H groups in total. The van der Waals surface area contributed by atoms with Crippen molar-refractivity contribution in [2.45, 2.75) is 6.29 Å². The van der Waals surface area contributed by atoms with E-state index >= 15 is 0 Å². The summed E-state index contributed by atoms with van der Waals surface area (Å²) in [5.41, 5.74) is 8.83. The molecule has 6 heteroatoms. The van der Waals surface area contributed by atoms with Crippen molar-refractivity contribution in [3.8, 4) is 0 Å². The number of rotatable bonds is 4. The zero-order valence-corrected chi connectivity index (χ0v) is 14.7. The molecule has 27 heavy (non-hydrogen) atoms. The Morgan fingerprint density at radius 3 is 1.93 bits per heavy atom. The summed E-state index contributed by atoms with van der Waals surface area (Å²) < 4.78 is 0. The first-order valence-corrected chi connectivity index (χ1v) is 8.69.